The summed E-state index contributed by atoms with van der Waals surface area (Å²) in [6.07, 6.45) is 14.7. The molecule has 0 amide bonds. The standard InChI is InChI=1S/C24H22O/c25-24-22(16-7-14-20-10-3-1-4-11-20)18-9-19-23(24)17-8-15-21-12-5-2-6-13-21/h1-8,10-17H,9,18-19H2/b14-7-,15-8+,22-16+,23-17-. The van der Waals surface area contributed by atoms with E-state index < -0.39 is 0 Å². The van der Waals surface area contributed by atoms with Gasteiger partial charge in [0.05, 0.1) is 0 Å². The van der Waals surface area contributed by atoms with E-state index in [2.05, 4.69) is 24.3 Å². The topological polar surface area (TPSA) is 17.1 Å². The van der Waals surface area contributed by atoms with Gasteiger partial charge in [0.25, 0.3) is 0 Å². The summed E-state index contributed by atoms with van der Waals surface area (Å²) in [7, 11) is 0. The second-order valence-corrected chi connectivity index (χ2v) is 6.11. The Hall–Kier alpha value is -2.93. The highest BCUT2D eigenvalue weighted by molar-refractivity contribution is 6.09. The van der Waals surface area contributed by atoms with Gasteiger partial charge in [0.2, 0.25) is 0 Å². The zero-order valence-electron chi connectivity index (χ0n) is 14.3. The van der Waals surface area contributed by atoms with Crippen molar-refractivity contribution in [2.75, 3.05) is 0 Å². The van der Waals surface area contributed by atoms with E-state index in [9.17, 15) is 4.79 Å². The first-order valence-electron chi connectivity index (χ1n) is 8.72. The van der Waals surface area contributed by atoms with Gasteiger partial charge in [-0.1, -0.05) is 97.1 Å². The van der Waals surface area contributed by atoms with Crippen LogP contribution in [-0.2, 0) is 4.79 Å². The third kappa shape index (κ3) is 5.02. The Bertz CT molecular complexity index is 751. The molecule has 0 heterocycles. The Kier molecular flexibility index (Phi) is 5.95. The first-order chi connectivity index (χ1) is 12.3. The fourth-order valence-electron chi connectivity index (χ4n) is 2.90. The minimum atomic E-state index is 0.182. The van der Waals surface area contributed by atoms with Gasteiger partial charge in [0, 0.05) is 0 Å². The number of rotatable bonds is 4. The molecule has 0 atom stereocenters. The Morgan fingerprint density at radius 3 is 1.52 bits per heavy atom. The minimum Gasteiger partial charge on any atom is -0.289 e. The number of carbonyl (C=O) groups is 1. The van der Waals surface area contributed by atoms with Crippen molar-refractivity contribution < 1.29 is 4.79 Å². The van der Waals surface area contributed by atoms with Crippen LogP contribution in [0.4, 0.5) is 0 Å². The van der Waals surface area contributed by atoms with Crippen LogP contribution in [0.3, 0.4) is 0 Å². The highest BCUT2D eigenvalue weighted by Crippen LogP contribution is 2.25. The van der Waals surface area contributed by atoms with E-state index in [1.54, 1.807) is 0 Å². The quantitative estimate of drug-likeness (QED) is 0.628. The molecule has 1 fully saturated rings. The zero-order chi connectivity index (χ0) is 17.3. The maximum absolute atomic E-state index is 12.6. The summed E-state index contributed by atoms with van der Waals surface area (Å²) in [5.74, 6) is 0.182. The zero-order valence-corrected chi connectivity index (χ0v) is 14.3. The molecule has 1 nitrogen and oxygen atoms in total. The highest BCUT2D eigenvalue weighted by Gasteiger charge is 2.18. The first kappa shape index (κ1) is 16.9. The molecule has 2 aromatic carbocycles. The molecule has 0 aliphatic heterocycles. The summed E-state index contributed by atoms with van der Waals surface area (Å²) >= 11 is 0. The average Bonchev–Trinajstić information content (AvgIpc) is 2.66. The van der Waals surface area contributed by atoms with Crippen molar-refractivity contribution in [2.45, 2.75) is 19.3 Å². The number of ketones is 1. The van der Waals surface area contributed by atoms with Gasteiger partial charge >= 0.3 is 0 Å². The number of allylic oxidation sites excluding steroid dienone is 6. The second-order valence-electron chi connectivity index (χ2n) is 6.11. The summed E-state index contributed by atoms with van der Waals surface area (Å²) < 4.78 is 0. The van der Waals surface area contributed by atoms with Crippen molar-refractivity contribution in [1.82, 2.24) is 0 Å². The van der Waals surface area contributed by atoms with E-state index in [4.69, 9.17) is 0 Å². The molecule has 0 saturated heterocycles. The van der Waals surface area contributed by atoms with Crippen molar-refractivity contribution in [1.29, 1.82) is 0 Å². The van der Waals surface area contributed by atoms with Crippen molar-refractivity contribution >= 4 is 17.9 Å². The monoisotopic (exact) mass is 326 g/mol. The lowest BCUT2D eigenvalue weighted by Crippen LogP contribution is -2.12. The molecule has 2 aromatic rings. The summed E-state index contributed by atoms with van der Waals surface area (Å²) in [6, 6.07) is 20.3. The summed E-state index contributed by atoms with van der Waals surface area (Å²) in [4.78, 5) is 12.6. The molecule has 25 heavy (non-hydrogen) atoms. The van der Waals surface area contributed by atoms with Crippen LogP contribution in [0.15, 0.2) is 96.1 Å². The third-order valence-electron chi connectivity index (χ3n) is 4.25. The number of benzene rings is 2. The van der Waals surface area contributed by atoms with Gasteiger partial charge in [-0.3, -0.25) is 4.79 Å². The van der Waals surface area contributed by atoms with Gasteiger partial charge in [-0.25, -0.2) is 0 Å². The predicted octanol–water partition coefficient (Wildman–Crippen LogP) is 6.02. The second kappa shape index (κ2) is 8.79. The van der Waals surface area contributed by atoms with Crippen LogP contribution >= 0.6 is 0 Å². The molecule has 0 aromatic heterocycles. The van der Waals surface area contributed by atoms with Crippen molar-refractivity contribution in [3.63, 3.8) is 0 Å². The maximum Gasteiger partial charge on any atom is 0.184 e. The SMILES string of the molecule is O=C1/C(=C\C=C\c2ccccc2)CCC/C1=C\C=C/c1ccccc1. The van der Waals surface area contributed by atoms with Gasteiger partial charge in [0.15, 0.2) is 5.78 Å². The van der Waals surface area contributed by atoms with Crippen LogP contribution in [0.1, 0.15) is 30.4 Å². The predicted molar refractivity (Wildman–Crippen MR) is 106 cm³/mol. The fourth-order valence-corrected chi connectivity index (χ4v) is 2.90. The van der Waals surface area contributed by atoms with Gasteiger partial charge < -0.3 is 0 Å². The normalized spacial score (nSPS) is 18.6. The average molecular weight is 326 g/mol. The molecule has 3 rings (SSSR count). The summed E-state index contributed by atoms with van der Waals surface area (Å²) in [5.41, 5.74) is 4.09. The molecular formula is C24H22O. The first-order valence-corrected chi connectivity index (χ1v) is 8.72. The van der Waals surface area contributed by atoms with E-state index in [1.165, 1.54) is 0 Å². The maximum atomic E-state index is 12.6. The van der Waals surface area contributed by atoms with Crippen molar-refractivity contribution in [3.05, 3.63) is 107 Å². The number of hydrogen-bond donors (Lipinski definition) is 0. The van der Waals surface area contributed by atoms with Crippen LogP contribution in [0.5, 0.6) is 0 Å². The lowest BCUT2D eigenvalue weighted by atomic mass is 9.88. The Balaban J connectivity index is 1.68. The minimum absolute atomic E-state index is 0.182. The molecule has 1 heteroatoms. The van der Waals surface area contributed by atoms with Gasteiger partial charge in [-0.05, 0) is 41.5 Å². The fraction of sp³-hybridized carbons (Fsp3) is 0.125. The molecule has 0 radical (unpaired) electrons. The number of Topliss-reactive ketones (excluding diaryl/α,β-unsaturated/α-hetero) is 1. The van der Waals surface area contributed by atoms with Gasteiger partial charge in [-0.2, -0.15) is 0 Å². The molecule has 0 bridgehead atoms. The summed E-state index contributed by atoms with van der Waals surface area (Å²) in [6.45, 7) is 0. The largest absolute Gasteiger partial charge is 0.289 e. The van der Waals surface area contributed by atoms with Crippen LogP contribution in [0.2, 0.25) is 0 Å². The van der Waals surface area contributed by atoms with Crippen molar-refractivity contribution in [3.8, 4) is 0 Å². The van der Waals surface area contributed by atoms with E-state index in [0.717, 1.165) is 41.5 Å². The molecule has 1 aliphatic rings. The van der Waals surface area contributed by atoms with E-state index in [1.807, 2.05) is 72.9 Å². The van der Waals surface area contributed by atoms with E-state index in [-0.39, 0.29) is 5.78 Å². The van der Waals surface area contributed by atoms with Crippen LogP contribution in [0.25, 0.3) is 12.2 Å². The smallest absolute Gasteiger partial charge is 0.184 e. The lowest BCUT2D eigenvalue weighted by Gasteiger charge is -2.15. The van der Waals surface area contributed by atoms with Crippen LogP contribution in [0, 0.1) is 0 Å². The van der Waals surface area contributed by atoms with E-state index in [0.29, 0.717) is 0 Å². The molecule has 1 saturated carbocycles. The highest BCUT2D eigenvalue weighted by atomic mass is 16.1. The van der Waals surface area contributed by atoms with Gasteiger partial charge in [0.1, 0.15) is 0 Å². The molecule has 1 aliphatic carbocycles. The van der Waals surface area contributed by atoms with Crippen LogP contribution in [-0.4, -0.2) is 5.78 Å². The molecular weight excluding hydrogens is 304 g/mol. The molecule has 124 valence electrons. The Morgan fingerprint density at radius 1 is 0.640 bits per heavy atom. The Morgan fingerprint density at radius 2 is 1.08 bits per heavy atom. The summed E-state index contributed by atoms with van der Waals surface area (Å²) in [5, 5.41) is 0. The number of hydrogen-bond acceptors (Lipinski definition) is 1. The Labute approximate surface area is 149 Å². The van der Waals surface area contributed by atoms with Gasteiger partial charge in [-0.15, -0.1) is 0 Å². The molecule has 0 unspecified atom stereocenters. The number of carbonyl (C=O) groups excluding carboxylic acids is 1. The third-order valence-corrected chi connectivity index (χ3v) is 4.25. The lowest BCUT2D eigenvalue weighted by molar-refractivity contribution is -0.113. The van der Waals surface area contributed by atoms with Crippen LogP contribution < -0.4 is 0 Å². The molecule has 0 spiro atoms. The van der Waals surface area contributed by atoms with E-state index >= 15 is 0 Å². The van der Waals surface area contributed by atoms with Crippen molar-refractivity contribution in [2.24, 2.45) is 0 Å². The molecule has 0 N–H and O–H groups in total.